The lowest BCUT2D eigenvalue weighted by molar-refractivity contribution is -0.137. The Bertz CT molecular complexity index is 947. The van der Waals surface area contributed by atoms with Gasteiger partial charge in [0.15, 0.2) is 0 Å². The number of ether oxygens (including phenoxy) is 1. The number of nitrogens with zero attached hydrogens (tertiary/aromatic N) is 2. The summed E-state index contributed by atoms with van der Waals surface area (Å²) in [5.74, 6) is -0.732. The van der Waals surface area contributed by atoms with Gasteiger partial charge in [-0.3, -0.25) is 14.5 Å². The van der Waals surface area contributed by atoms with E-state index in [1.165, 1.54) is 18.9 Å². The number of likely N-dealkylation sites (N-methyl/N-ethyl adjacent to an activating group) is 1. The molecular formula is C22H28N4O5. The molecule has 0 heterocycles. The number of carbonyl (C=O) groups is 3. The second kappa shape index (κ2) is 11.0. The summed E-state index contributed by atoms with van der Waals surface area (Å²) in [6, 6.07) is 12.0. The van der Waals surface area contributed by atoms with Gasteiger partial charge in [-0.2, -0.15) is 0 Å². The predicted molar refractivity (Wildman–Crippen MR) is 120 cm³/mol. The van der Waals surface area contributed by atoms with E-state index in [2.05, 4.69) is 10.6 Å². The first-order chi connectivity index (χ1) is 14.7. The van der Waals surface area contributed by atoms with Crippen LogP contribution in [-0.2, 0) is 9.59 Å². The fourth-order valence-electron chi connectivity index (χ4n) is 2.99. The molecule has 9 nitrogen and oxygen atoms in total. The van der Waals surface area contributed by atoms with Crippen molar-refractivity contribution in [2.45, 2.75) is 13.8 Å². The largest absolute Gasteiger partial charge is 0.494 e. The van der Waals surface area contributed by atoms with Gasteiger partial charge in [0.05, 0.1) is 19.3 Å². The van der Waals surface area contributed by atoms with Crippen LogP contribution < -0.4 is 20.3 Å². The predicted octanol–water partition coefficient (Wildman–Crippen LogP) is 3.02. The van der Waals surface area contributed by atoms with E-state index in [-0.39, 0.29) is 12.5 Å². The molecule has 2 aromatic carbocycles. The van der Waals surface area contributed by atoms with E-state index >= 15 is 0 Å². The third kappa shape index (κ3) is 7.00. The number of nitrogens with one attached hydrogen (secondary N) is 2. The molecule has 3 N–H and O–H groups in total. The summed E-state index contributed by atoms with van der Waals surface area (Å²) in [5, 5.41) is 14.4. The van der Waals surface area contributed by atoms with Crippen LogP contribution in [0.2, 0.25) is 0 Å². The molecule has 0 saturated heterocycles. The third-order valence-electron chi connectivity index (χ3n) is 4.63. The summed E-state index contributed by atoms with van der Waals surface area (Å²) in [4.78, 5) is 38.5. The van der Waals surface area contributed by atoms with Gasteiger partial charge < -0.3 is 25.4 Å². The van der Waals surface area contributed by atoms with Crippen molar-refractivity contribution in [3.63, 3.8) is 0 Å². The lowest BCUT2D eigenvalue weighted by atomic mass is 10.2. The van der Waals surface area contributed by atoms with Gasteiger partial charge in [0.2, 0.25) is 5.91 Å². The number of carboxylic acid groups (broad SMARTS) is 1. The number of hydrogen-bond donors (Lipinski definition) is 3. The van der Waals surface area contributed by atoms with Gasteiger partial charge >= 0.3 is 12.0 Å². The highest BCUT2D eigenvalue weighted by Gasteiger charge is 2.16. The Morgan fingerprint density at radius 1 is 1.03 bits per heavy atom. The van der Waals surface area contributed by atoms with E-state index in [1.807, 2.05) is 25.1 Å². The lowest BCUT2D eigenvalue weighted by Crippen LogP contribution is -2.38. The lowest BCUT2D eigenvalue weighted by Gasteiger charge is -2.25. The number of urea groups is 1. The molecule has 2 rings (SSSR count). The van der Waals surface area contributed by atoms with E-state index in [0.29, 0.717) is 35.9 Å². The highest BCUT2D eigenvalue weighted by Crippen LogP contribution is 2.30. The smallest absolute Gasteiger partial charge is 0.323 e. The molecule has 0 spiro atoms. The zero-order valence-corrected chi connectivity index (χ0v) is 18.1. The first-order valence-corrected chi connectivity index (χ1v) is 9.71. The number of aryl methyl sites for hydroxylation is 1. The standard InChI is InChI=1S/C22H28N4O5/c1-15-7-5-6-8-18(15)23-22(30)24-19-10-9-17(13-20(19)31-4)26(16(2)27)12-11-25(3)14-21(28)29/h5-10,13H,11-12,14H2,1-4H3,(H,28,29)(H2,23,24,30). The number of hydrogen-bond acceptors (Lipinski definition) is 5. The summed E-state index contributed by atoms with van der Waals surface area (Å²) in [6.45, 7) is 3.91. The van der Waals surface area contributed by atoms with Crippen LogP contribution in [-0.4, -0.2) is 61.7 Å². The number of rotatable bonds is 9. The first-order valence-electron chi connectivity index (χ1n) is 9.71. The minimum Gasteiger partial charge on any atom is -0.494 e. The highest BCUT2D eigenvalue weighted by atomic mass is 16.5. The molecule has 0 aromatic heterocycles. The van der Waals surface area contributed by atoms with Crippen LogP contribution in [0.15, 0.2) is 42.5 Å². The number of carboxylic acids is 1. The van der Waals surface area contributed by atoms with Crippen LogP contribution in [0.3, 0.4) is 0 Å². The van der Waals surface area contributed by atoms with Gasteiger partial charge in [0.1, 0.15) is 5.75 Å². The zero-order valence-electron chi connectivity index (χ0n) is 18.1. The van der Waals surface area contributed by atoms with Gasteiger partial charge in [-0.05, 0) is 37.7 Å². The maximum atomic E-state index is 12.4. The molecule has 0 atom stereocenters. The number of methoxy groups -OCH3 is 1. The summed E-state index contributed by atoms with van der Waals surface area (Å²) in [6.07, 6.45) is 0. The Labute approximate surface area is 181 Å². The molecule has 0 bridgehead atoms. The fraction of sp³-hybridized carbons (Fsp3) is 0.318. The number of carbonyl (C=O) groups excluding carboxylic acids is 2. The maximum Gasteiger partial charge on any atom is 0.323 e. The van der Waals surface area contributed by atoms with Crippen molar-refractivity contribution in [2.75, 3.05) is 49.3 Å². The Hall–Kier alpha value is -3.59. The molecule has 0 unspecified atom stereocenters. The summed E-state index contributed by atoms with van der Waals surface area (Å²) >= 11 is 0. The molecule has 2 aromatic rings. The van der Waals surface area contributed by atoms with Gasteiger partial charge in [-0.15, -0.1) is 0 Å². The van der Waals surface area contributed by atoms with Crippen molar-refractivity contribution in [3.8, 4) is 5.75 Å². The van der Waals surface area contributed by atoms with Crippen molar-refractivity contribution < 1.29 is 24.2 Å². The summed E-state index contributed by atoms with van der Waals surface area (Å²) in [5.41, 5.74) is 2.66. The fourth-order valence-corrected chi connectivity index (χ4v) is 2.99. The van der Waals surface area contributed by atoms with E-state index < -0.39 is 12.0 Å². The van der Waals surface area contributed by atoms with Crippen LogP contribution in [0, 0.1) is 6.92 Å². The molecule has 0 aliphatic carbocycles. The monoisotopic (exact) mass is 428 g/mol. The summed E-state index contributed by atoms with van der Waals surface area (Å²) in [7, 11) is 3.15. The average Bonchev–Trinajstić information content (AvgIpc) is 2.70. The van der Waals surface area contributed by atoms with Crippen molar-refractivity contribution in [3.05, 3.63) is 48.0 Å². The average molecular weight is 428 g/mol. The number of amides is 3. The van der Waals surface area contributed by atoms with Crippen molar-refractivity contribution in [2.24, 2.45) is 0 Å². The molecule has 0 aliphatic heterocycles. The third-order valence-corrected chi connectivity index (χ3v) is 4.63. The van der Waals surface area contributed by atoms with Crippen LogP contribution in [0.25, 0.3) is 0 Å². The minimum absolute atomic E-state index is 0.117. The Balaban J connectivity index is 2.12. The second-order valence-corrected chi connectivity index (χ2v) is 7.08. The molecule has 0 radical (unpaired) electrons. The number of anilines is 3. The van der Waals surface area contributed by atoms with E-state index in [1.54, 1.807) is 36.2 Å². The quantitative estimate of drug-likeness (QED) is 0.566. The zero-order chi connectivity index (χ0) is 23.0. The van der Waals surface area contributed by atoms with Crippen molar-refractivity contribution in [1.29, 1.82) is 0 Å². The number of benzene rings is 2. The van der Waals surface area contributed by atoms with Gasteiger partial charge in [0.25, 0.3) is 0 Å². The molecule has 0 saturated carbocycles. The molecular weight excluding hydrogens is 400 g/mol. The SMILES string of the molecule is COc1cc(N(CCN(C)CC(=O)O)C(C)=O)ccc1NC(=O)Nc1ccccc1C. The first kappa shape index (κ1) is 23.7. The van der Waals surface area contributed by atoms with Gasteiger partial charge in [-0.25, -0.2) is 4.79 Å². The van der Waals surface area contributed by atoms with Gasteiger partial charge in [0, 0.05) is 37.5 Å². The van der Waals surface area contributed by atoms with E-state index in [0.717, 1.165) is 5.56 Å². The van der Waals surface area contributed by atoms with Crippen molar-refractivity contribution >= 4 is 35.0 Å². The minimum atomic E-state index is -0.932. The molecule has 3 amide bonds. The van der Waals surface area contributed by atoms with Crippen LogP contribution in [0.1, 0.15) is 12.5 Å². The second-order valence-electron chi connectivity index (χ2n) is 7.08. The molecule has 0 fully saturated rings. The van der Waals surface area contributed by atoms with Crippen LogP contribution >= 0.6 is 0 Å². The van der Waals surface area contributed by atoms with E-state index in [9.17, 15) is 14.4 Å². The van der Waals surface area contributed by atoms with Crippen LogP contribution in [0.5, 0.6) is 5.75 Å². The van der Waals surface area contributed by atoms with Crippen molar-refractivity contribution in [1.82, 2.24) is 4.90 Å². The summed E-state index contributed by atoms with van der Waals surface area (Å²) < 4.78 is 5.40. The van der Waals surface area contributed by atoms with E-state index in [4.69, 9.17) is 9.84 Å². The topological polar surface area (TPSA) is 111 Å². The number of aliphatic carboxylic acids is 1. The Morgan fingerprint density at radius 3 is 2.32 bits per heavy atom. The normalized spacial score (nSPS) is 10.5. The molecule has 166 valence electrons. The Morgan fingerprint density at radius 2 is 1.71 bits per heavy atom. The molecule has 31 heavy (non-hydrogen) atoms. The van der Waals surface area contributed by atoms with Gasteiger partial charge in [-0.1, -0.05) is 18.2 Å². The van der Waals surface area contributed by atoms with Crippen LogP contribution in [0.4, 0.5) is 21.9 Å². The maximum absolute atomic E-state index is 12.4. The molecule has 9 heteroatoms. The number of para-hydroxylation sites is 1. The molecule has 0 aliphatic rings. The highest BCUT2D eigenvalue weighted by molar-refractivity contribution is 6.01. The Kier molecular flexibility index (Phi) is 8.39.